The number of hydrogen-bond acceptors (Lipinski definition) is 8. The highest BCUT2D eigenvalue weighted by molar-refractivity contribution is 7.80. The zero-order chi connectivity index (χ0) is 28.6. The van der Waals surface area contributed by atoms with Gasteiger partial charge < -0.3 is 24.5 Å². The van der Waals surface area contributed by atoms with Crippen LogP contribution in [0.3, 0.4) is 0 Å². The second kappa shape index (κ2) is 12.9. The summed E-state index contributed by atoms with van der Waals surface area (Å²) in [4.78, 5) is 36.6. The van der Waals surface area contributed by atoms with Gasteiger partial charge in [-0.25, -0.2) is 10.2 Å². The fourth-order valence-corrected chi connectivity index (χ4v) is 4.32. The van der Waals surface area contributed by atoms with Gasteiger partial charge in [-0.05, 0) is 51.2 Å². The molecule has 1 amide bonds. The Bertz CT molecular complexity index is 1490. The minimum atomic E-state index is -0.628. The van der Waals surface area contributed by atoms with E-state index in [-0.39, 0.29) is 19.0 Å². The smallest absolute Gasteiger partial charge is 0.338 e. The molecule has 0 saturated heterocycles. The van der Waals surface area contributed by atoms with E-state index in [9.17, 15) is 14.4 Å². The number of rotatable bonds is 10. The van der Waals surface area contributed by atoms with Crippen LogP contribution in [0.15, 0.2) is 81.5 Å². The topological polar surface area (TPSA) is 131 Å². The fourth-order valence-electron chi connectivity index (χ4n) is 4.05. The van der Waals surface area contributed by atoms with Gasteiger partial charge in [0.05, 0.1) is 24.4 Å². The van der Waals surface area contributed by atoms with E-state index in [0.29, 0.717) is 44.8 Å². The summed E-state index contributed by atoms with van der Waals surface area (Å²) in [5.74, 6) is 0.429. The molecule has 10 nitrogen and oxygen atoms in total. The van der Waals surface area contributed by atoms with Crippen LogP contribution in [-0.2, 0) is 14.3 Å². The first-order valence-corrected chi connectivity index (χ1v) is 12.9. The van der Waals surface area contributed by atoms with Gasteiger partial charge in [0.2, 0.25) is 0 Å². The van der Waals surface area contributed by atoms with Gasteiger partial charge in [0.15, 0.2) is 17.5 Å². The second-order valence-electron chi connectivity index (χ2n) is 8.75. The largest absolute Gasteiger partial charge is 0.483 e. The summed E-state index contributed by atoms with van der Waals surface area (Å²) in [5.41, 5.74) is 5.38. The highest BCUT2D eigenvalue weighted by atomic mass is 32.1. The van der Waals surface area contributed by atoms with E-state index in [4.69, 9.17) is 26.1 Å². The molecule has 3 N–H and O–H groups in total. The van der Waals surface area contributed by atoms with Crippen LogP contribution in [0.4, 0.5) is 0 Å². The number of carbonyl (C=O) groups is 3. The molecule has 2 heterocycles. The normalized spacial score (nSPS) is 14.9. The molecule has 0 fully saturated rings. The van der Waals surface area contributed by atoms with Crippen LogP contribution in [0, 0.1) is 0 Å². The average molecular weight is 561 g/mol. The number of ketones is 1. The minimum Gasteiger partial charge on any atom is -0.483 e. The molecular formula is C29H28N4O6S. The van der Waals surface area contributed by atoms with Gasteiger partial charge in [0.25, 0.3) is 5.91 Å². The van der Waals surface area contributed by atoms with Gasteiger partial charge in [-0.3, -0.25) is 9.59 Å². The Kier molecular flexibility index (Phi) is 9.07. The van der Waals surface area contributed by atoms with Crippen molar-refractivity contribution in [1.29, 1.82) is 0 Å². The van der Waals surface area contributed by atoms with Gasteiger partial charge in [-0.2, -0.15) is 5.10 Å². The monoisotopic (exact) mass is 560 g/mol. The number of furan rings is 1. The lowest BCUT2D eigenvalue weighted by molar-refractivity contribution is -0.139. The van der Waals surface area contributed by atoms with Crippen LogP contribution < -0.4 is 20.8 Å². The standard InChI is InChI=1S/C29H28N4O6S/c1-4-37-28(36)26-17(2)31-29(40)32-27(26)22-7-5-6-8-24(22)38-16-25(35)33-30-15-21-13-14-23(39-21)20-11-9-19(10-12-20)18(3)34/h5-15,27H,4,16H2,1-3H3,(H,33,35)(H2,31,32,40)/t27-/m0/s1. The highest BCUT2D eigenvalue weighted by Crippen LogP contribution is 2.33. The van der Waals surface area contributed by atoms with E-state index in [1.165, 1.54) is 13.1 Å². The number of nitrogens with one attached hydrogen (secondary N) is 3. The number of thiocarbonyl (C=S) groups is 1. The van der Waals surface area contributed by atoms with Crippen LogP contribution in [0.1, 0.15) is 48.5 Å². The van der Waals surface area contributed by atoms with E-state index in [0.717, 1.165) is 5.56 Å². The summed E-state index contributed by atoms with van der Waals surface area (Å²) >= 11 is 5.30. The van der Waals surface area contributed by atoms with E-state index >= 15 is 0 Å². The minimum absolute atomic E-state index is 0.0116. The predicted molar refractivity (Wildman–Crippen MR) is 153 cm³/mol. The number of benzene rings is 2. The molecule has 0 unspecified atom stereocenters. The fraction of sp³-hybridized carbons (Fsp3) is 0.207. The Morgan fingerprint density at radius 2 is 1.85 bits per heavy atom. The summed E-state index contributed by atoms with van der Waals surface area (Å²) in [7, 11) is 0. The summed E-state index contributed by atoms with van der Waals surface area (Å²) in [5, 5.41) is 10.3. The molecule has 0 aliphatic carbocycles. The molecule has 1 aliphatic rings. The van der Waals surface area contributed by atoms with E-state index in [1.807, 2.05) is 0 Å². The molecule has 2 aromatic carbocycles. The summed E-state index contributed by atoms with van der Waals surface area (Å²) in [6.45, 7) is 4.88. The number of hydrogen-bond donors (Lipinski definition) is 3. The maximum Gasteiger partial charge on any atom is 0.338 e. The number of Topliss-reactive ketones (excluding diaryl/α,β-unsaturated/α-hetero) is 1. The summed E-state index contributed by atoms with van der Waals surface area (Å²) in [6, 6.07) is 17.0. The molecule has 206 valence electrons. The number of nitrogens with zero attached hydrogens (tertiary/aromatic N) is 1. The lowest BCUT2D eigenvalue weighted by Gasteiger charge is -2.30. The number of esters is 1. The molecule has 11 heteroatoms. The molecule has 0 spiro atoms. The van der Waals surface area contributed by atoms with Crippen molar-refractivity contribution in [2.45, 2.75) is 26.8 Å². The maximum atomic E-state index is 12.7. The lowest BCUT2D eigenvalue weighted by Crippen LogP contribution is -2.45. The molecule has 0 bridgehead atoms. The van der Waals surface area contributed by atoms with Crippen LogP contribution >= 0.6 is 12.2 Å². The lowest BCUT2D eigenvalue weighted by atomic mass is 9.95. The number of para-hydroxylation sites is 1. The van der Waals surface area contributed by atoms with Crippen molar-refractivity contribution in [2.75, 3.05) is 13.2 Å². The molecular weight excluding hydrogens is 532 g/mol. The van der Waals surface area contributed by atoms with Gasteiger partial charge >= 0.3 is 5.97 Å². The molecule has 1 aromatic heterocycles. The molecule has 1 atom stereocenters. The van der Waals surface area contributed by atoms with Crippen LogP contribution in [0.2, 0.25) is 0 Å². The van der Waals surface area contributed by atoms with Gasteiger partial charge in [-0.1, -0.05) is 42.5 Å². The highest BCUT2D eigenvalue weighted by Gasteiger charge is 2.32. The number of allylic oxidation sites excluding steroid dienone is 1. The van der Waals surface area contributed by atoms with Crippen LogP contribution in [-0.4, -0.2) is 42.2 Å². The van der Waals surface area contributed by atoms with E-state index in [1.54, 1.807) is 74.5 Å². The van der Waals surface area contributed by atoms with Crippen molar-refractivity contribution in [1.82, 2.24) is 16.1 Å². The van der Waals surface area contributed by atoms with Crippen molar-refractivity contribution in [3.8, 4) is 17.1 Å². The maximum absolute atomic E-state index is 12.7. The van der Waals surface area contributed by atoms with Gasteiger partial charge in [-0.15, -0.1) is 0 Å². The number of hydrazone groups is 1. The molecule has 3 aromatic rings. The van der Waals surface area contributed by atoms with Crippen LogP contribution in [0.5, 0.6) is 5.75 Å². The molecule has 1 aliphatic heterocycles. The molecule has 4 rings (SSSR count). The first-order valence-electron chi connectivity index (χ1n) is 12.5. The summed E-state index contributed by atoms with van der Waals surface area (Å²) < 4.78 is 16.8. The van der Waals surface area contributed by atoms with E-state index < -0.39 is 17.9 Å². The Morgan fingerprint density at radius 3 is 2.58 bits per heavy atom. The zero-order valence-electron chi connectivity index (χ0n) is 22.1. The number of carbonyl (C=O) groups excluding carboxylic acids is 3. The quantitative estimate of drug-likeness (QED) is 0.111. The van der Waals surface area contributed by atoms with Crippen molar-refractivity contribution in [2.24, 2.45) is 5.10 Å². The number of ether oxygens (including phenoxy) is 2. The molecule has 0 saturated carbocycles. The summed E-state index contributed by atoms with van der Waals surface area (Å²) in [6.07, 6.45) is 1.37. The van der Waals surface area contributed by atoms with Crippen molar-refractivity contribution in [3.05, 3.63) is 88.8 Å². The second-order valence-corrected chi connectivity index (χ2v) is 9.15. The van der Waals surface area contributed by atoms with Gasteiger partial charge in [0.1, 0.15) is 17.3 Å². The zero-order valence-corrected chi connectivity index (χ0v) is 23.0. The first-order chi connectivity index (χ1) is 19.3. The Morgan fingerprint density at radius 1 is 1.10 bits per heavy atom. The molecule has 0 radical (unpaired) electrons. The third-order valence-electron chi connectivity index (χ3n) is 5.94. The molecule has 40 heavy (non-hydrogen) atoms. The first kappa shape index (κ1) is 28.2. The predicted octanol–water partition coefficient (Wildman–Crippen LogP) is 4.03. The van der Waals surface area contributed by atoms with Crippen molar-refractivity contribution >= 4 is 41.2 Å². The third-order valence-corrected chi connectivity index (χ3v) is 6.16. The third kappa shape index (κ3) is 6.80. The van der Waals surface area contributed by atoms with Crippen LogP contribution in [0.25, 0.3) is 11.3 Å². The Balaban J connectivity index is 1.38. The van der Waals surface area contributed by atoms with Crippen molar-refractivity contribution in [3.63, 3.8) is 0 Å². The van der Waals surface area contributed by atoms with E-state index in [2.05, 4.69) is 21.2 Å². The average Bonchev–Trinajstić information content (AvgIpc) is 3.40. The van der Waals surface area contributed by atoms with Gasteiger partial charge in [0, 0.05) is 22.4 Å². The Hall–Kier alpha value is -4.77. The SMILES string of the molecule is CCOC(=O)C1=C(C)NC(=S)N[C@H]1c1ccccc1OCC(=O)NN=Cc1ccc(-c2ccc(C(C)=O)cc2)o1. The Labute approximate surface area is 236 Å². The van der Waals surface area contributed by atoms with Crippen molar-refractivity contribution < 1.29 is 28.3 Å². The number of amides is 1.